The minimum atomic E-state index is -0.203. The summed E-state index contributed by atoms with van der Waals surface area (Å²) in [4.78, 5) is 11.0. The van der Waals surface area contributed by atoms with E-state index >= 15 is 0 Å². The molecule has 33 heavy (non-hydrogen) atoms. The number of halogens is 1. The van der Waals surface area contributed by atoms with Gasteiger partial charge in [-0.15, -0.1) is 0 Å². The normalized spacial score (nSPS) is 15.5. The van der Waals surface area contributed by atoms with Crippen molar-refractivity contribution in [1.29, 1.82) is 0 Å². The Bertz CT molecular complexity index is 821. The third kappa shape index (κ3) is 9.55. The molecule has 1 heterocycles. The molecule has 5 heteroatoms. The number of carbonyl (C=O) groups is 1. The predicted octanol–water partition coefficient (Wildman–Crippen LogP) is 7.10. The number of cyclic esters (lactones) is 1. The van der Waals surface area contributed by atoms with Crippen LogP contribution in [0.25, 0.3) is 11.1 Å². The SMILES string of the molecule is O=C1CC(OCCCCCCCCCCCCOc2ccc(-c3ccccc3F)cc2)CO1. The Labute approximate surface area is 197 Å². The van der Waals surface area contributed by atoms with Gasteiger partial charge in [-0.3, -0.25) is 4.79 Å². The first-order valence-electron chi connectivity index (χ1n) is 12.5. The van der Waals surface area contributed by atoms with Gasteiger partial charge in [0.25, 0.3) is 0 Å². The van der Waals surface area contributed by atoms with E-state index in [-0.39, 0.29) is 17.9 Å². The fraction of sp³-hybridized carbons (Fsp3) is 0.536. The largest absolute Gasteiger partial charge is 0.494 e. The molecular weight excluding hydrogens is 419 g/mol. The molecule has 2 aromatic rings. The van der Waals surface area contributed by atoms with Gasteiger partial charge in [0.2, 0.25) is 0 Å². The van der Waals surface area contributed by atoms with E-state index < -0.39 is 0 Å². The second-order valence-electron chi connectivity index (χ2n) is 8.77. The quantitative estimate of drug-likeness (QED) is 0.199. The minimum Gasteiger partial charge on any atom is -0.494 e. The summed E-state index contributed by atoms with van der Waals surface area (Å²) in [6.45, 7) is 1.89. The number of rotatable bonds is 16. The fourth-order valence-corrected chi connectivity index (χ4v) is 4.08. The molecule has 1 aliphatic rings. The van der Waals surface area contributed by atoms with Crippen LogP contribution in [0.15, 0.2) is 48.5 Å². The van der Waals surface area contributed by atoms with Gasteiger partial charge in [0.1, 0.15) is 24.3 Å². The monoisotopic (exact) mass is 456 g/mol. The van der Waals surface area contributed by atoms with E-state index in [0.717, 1.165) is 37.4 Å². The van der Waals surface area contributed by atoms with Crippen molar-refractivity contribution in [2.45, 2.75) is 76.7 Å². The van der Waals surface area contributed by atoms with Crippen molar-refractivity contribution < 1.29 is 23.4 Å². The molecule has 0 aliphatic carbocycles. The Hall–Kier alpha value is -2.40. The van der Waals surface area contributed by atoms with Crippen LogP contribution in [-0.2, 0) is 14.3 Å². The van der Waals surface area contributed by atoms with E-state index in [1.807, 2.05) is 30.3 Å². The number of unbranched alkanes of at least 4 members (excludes halogenated alkanes) is 9. The third-order valence-electron chi connectivity index (χ3n) is 6.02. The van der Waals surface area contributed by atoms with E-state index in [2.05, 4.69) is 0 Å². The first-order chi connectivity index (χ1) is 16.2. The summed E-state index contributed by atoms with van der Waals surface area (Å²) >= 11 is 0. The van der Waals surface area contributed by atoms with E-state index in [1.54, 1.807) is 12.1 Å². The summed E-state index contributed by atoms with van der Waals surface area (Å²) in [5.74, 6) is 0.497. The lowest BCUT2D eigenvalue weighted by Gasteiger charge is -2.08. The Morgan fingerprint density at radius 2 is 1.39 bits per heavy atom. The number of hydrogen-bond acceptors (Lipinski definition) is 4. The second kappa shape index (κ2) is 14.7. The highest BCUT2D eigenvalue weighted by Gasteiger charge is 2.23. The Kier molecular flexibility index (Phi) is 11.2. The molecule has 3 rings (SSSR count). The molecule has 0 radical (unpaired) electrons. The molecule has 0 aromatic heterocycles. The number of ether oxygens (including phenoxy) is 3. The molecule has 0 bridgehead atoms. The molecule has 1 atom stereocenters. The smallest absolute Gasteiger partial charge is 0.308 e. The zero-order chi connectivity index (χ0) is 23.1. The second-order valence-corrected chi connectivity index (χ2v) is 8.77. The molecule has 2 aromatic carbocycles. The van der Waals surface area contributed by atoms with Crippen LogP contribution in [-0.4, -0.2) is 31.9 Å². The first kappa shape index (κ1) is 25.2. The van der Waals surface area contributed by atoms with Gasteiger partial charge in [-0.25, -0.2) is 4.39 Å². The van der Waals surface area contributed by atoms with Gasteiger partial charge in [0.05, 0.1) is 13.0 Å². The van der Waals surface area contributed by atoms with Gasteiger partial charge in [0, 0.05) is 12.2 Å². The van der Waals surface area contributed by atoms with E-state index in [1.165, 1.54) is 57.4 Å². The lowest BCUT2D eigenvalue weighted by Crippen LogP contribution is -2.13. The summed E-state index contributed by atoms with van der Waals surface area (Å²) in [6.07, 6.45) is 12.6. The van der Waals surface area contributed by atoms with Gasteiger partial charge < -0.3 is 14.2 Å². The van der Waals surface area contributed by atoms with Crippen LogP contribution in [0.4, 0.5) is 4.39 Å². The minimum absolute atomic E-state index is 0.0194. The summed E-state index contributed by atoms with van der Waals surface area (Å²) in [6, 6.07) is 14.5. The van der Waals surface area contributed by atoms with Crippen molar-refractivity contribution >= 4 is 5.97 Å². The van der Waals surface area contributed by atoms with Crippen molar-refractivity contribution in [3.05, 3.63) is 54.3 Å². The van der Waals surface area contributed by atoms with Crippen LogP contribution in [0, 0.1) is 5.82 Å². The molecule has 0 spiro atoms. The Morgan fingerprint density at radius 1 is 0.788 bits per heavy atom. The number of carbonyl (C=O) groups excluding carboxylic acids is 1. The van der Waals surface area contributed by atoms with E-state index in [0.29, 0.717) is 18.6 Å². The Morgan fingerprint density at radius 3 is 2.00 bits per heavy atom. The lowest BCUT2D eigenvalue weighted by molar-refractivity contribution is -0.137. The number of esters is 1. The summed E-state index contributed by atoms with van der Waals surface area (Å²) < 4.78 is 30.2. The molecule has 1 aliphatic heterocycles. The Balaban J connectivity index is 1.10. The topological polar surface area (TPSA) is 44.8 Å². The van der Waals surface area contributed by atoms with Crippen molar-refractivity contribution in [3.63, 3.8) is 0 Å². The maximum atomic E-state index is 13.9. The number of hydrogen-bond donors (Lipinski definition) is 0. The molecule has 4 nitrogen and oxygen atoms in total. The molecule has 0 saturated carbocycles. The highest BCUT2D eigenvalue weighted by Crippen LogP contribution is 2.25. The van der Waals surface area contributed by atoms with Crippen molar-refractivity contribution in [2.24, 2.45) is 0 Å². The molecule has 1 fully saturated rings. The predicted molar refractivity (Wildman–Crippen MR) is 129 cm³/mol. The fourth-order valence-electron chi connectivity index (χ4n) is 4.08. The van der Waals surface area contributed by atoms with Crippen molar-refractivity contribution in [3.8, 4) is 16.9 Å². The standard InChI is InChI=1S/C28H37FO4/c29-27-14-10-9-13-26(27)23-15-17-24(18-16-23)31-19-11-7-5-3-1-2-4-6-8-12-20-32-25-21-28(30)33-22-25/h9-10,13-18,25H,1-8,11-12,19-22H2. The zero-order valence-electron chi connectivity index (χ0n) is 19.6. The number of benzene rings is 2. The average Bonchev–Trinajstić information content (AvgIpc) is 3.25. The molecule has 1 saturated heterocycles. The van der Waals surface area contributed by atoms with Crippen LogP contribution in [0.5, 0.6) is 5.75 Å². The molecule has 1 unspecified atom stereocenters. The highest BCUT2D eigenvalue weighted by atomic mass is 19.1. The summed E-state index contributed by atoms with van der Waals surface area (Å²) in [7, 11) is 0. The van der Waals surface area contributed by atoms with E-state index in [9.17, 15) is 9.18 Å². The maximum absolute atomic E-state index is 13.9. The lowest BCUT2D eigenvalue weighted by atomic mass is 10.1. The van der Waals surface area contributed by atoms with Crippen LogP contribution in [0.2, 0.25) is 0 Å². The van der Waals surface area contributed by atoms with Crippen molar-refractivity contribution in [1.82, 2.24) is 0 Å². The van der Waals surface area contributed by atoms with Crippen LogP contribution < -0.4 is 4.74 Å². The molecule has 0 amide bonds. The van der Waals surface area contributed by atoms with E-state index in [4.69, 9.17) is 14.2 Å². The first-order valence-corrected chi connectivity index (χ1v) is 12.5. The van der Waals surface area contributed by atoms with Crippen LogP contribution in [0.3, 0.4) is 0 Å². The highest BCUT2D eigenvalue weighted by molar-refractivity contribution is 5.71. The average molecular weight is 457 g/mol. The molecule has 180 valence electrons. The van der Waals surface area contributed by atoms with Gasteiger partial charge in [-0.2, -0.15) is 0 Å². The van der Waals surface area contributed by atoms with Gasteiger partial charge >= 0.3 is 5.97 Å². The van der Waals surface area contributed by atoms with Crippen molar-refractivity contribution in [2.75, 3.05) is 19.8 Å². The van der Waals surface area contributed by atoms with Gasteiger partial charge in [-0.1, -0.05) is 81.7 Å². The van der Waals surface area contributed by atoms with Gasteiger partial charge in [0.15, 0.2) is 0 Å². The summed E-state index contributed by atoms with van der Waals surface area (Å²) in [5.41, 5.74) is 1.48. The van der Waals surface area contributed by atoms with Crippen LogP contribution in [0.1, 0.15) is 70.6 Å². The summed E-state index contributed by atoms with van der Waals surface area (Å²) in [5, 5.41) is 0. The molecule has 0 N–H and O–H groups in total. The molecular formula is C28H37FO4. The third-order valence-corrected chi connectivity index (χ3v) is 6.02. The van der Waals surface area contributed by atoms with Crippen LogP contribution >= 0.6 is 0 Å². The van der Waals surface area contributed by atoms with Gasteiger partial charge in [-0.05, 0) is 36.6 Å². The zero-order valence-corrected chi connectivity index (χ0v) is 19.6. The maximum Gasteiger partial charge on any atom is 0.308 e.